The monoisotopic (exact) mass is 680 g/mol. The Morgan fingerprint density at radius 3 is 1.36 bits per heavy atom. The maximum atomic E-state index is 8.91. The van der Waals surface area contributed by atoms with Gasteiger partial charge in [-0.15, -0.1) is 0 Å². The van der Waals surface area contributed by atoms with Gasteiger partial charge in [0.05, 0.1) is 11.4 Å². The van der Waals surface area contributed by atoms with Crippen LogP contribution in [-0.4, -0.2) is 16.4 Å². The van der Waals surface area contributed by atoms with Crippen LogP contribution in [0.5, 0.6) is 0 Å². The van der Waals surface area contributed by atoms with Gasteiger partial charge in [0.1, 0.15) is 0 Å². The summed E-state index contributed by atoms with van der Waals surface area (Å²) in [5.74, 6) is 0. The van der Waals surface area contributed by atoms with E-state index >= 15 is 0 Å². The second-order valence-electron chi connectivity index (χ2n) is 12.9. The number of nitrogen functional groups attached to an aromatic ring is 1. The highest BCUT2D eigenvalue weighted by Gasteiger charge is 2.22. The Hall–Kier alpha value is -7.17. The number of pyridine rings is 1. The molecule has 0 radical (unpaired) electrons. The van der Waals surface area contributed by atoms with E-state index in [2.05, 4.69) is 126 Å². The zero-order valence-electron chi connectivity index (χ0n) is 29.0. The summed E-state index contributed by atoms with van der Waals surface area (Å²) >= 11 is 0. The average Bonchev–Trinajstić information content (AvgIpc) is 3.22. The van der Waals surface area contributed by atoms with E-state index in [0.29, 0.717) is 0 Å². The molecule has 53 heavy (non-hydrogen) atoms. The number of hydrogen-bond acceptors (Lipinski definition) is 4. The van der Waals surface area contributed by atoms with E-state index in [4.69, 9.17) is 16.6 Å². The third kappa shape index (κ3) is 6.69. The van der Waals surface area contributed by atoms with Gasteiger partial charge >= 0.3 is 0 Å². The van der Waals surface area contributed by atoms with Crippen molar-refractivity contribution in [2.45, 2.75) is 0 Å². The van der Waals surface area contributed by atoms with Crippen molar-refractivity contribution in [3.63, 3.8) is 0 Å². The molecule has 0 spiro atoms. The van der Waals surface area contributed by atoms with E-state index in [1.54, 1.807) is 12.4 Å². The van der Waals surface area contributed by atoms with E-state index in [0.717, 1.165) is 66.4 Å². The fourth-order valence-corrected chi connectivity index (χ4v) is 7.05. The molecule has 8 aromatic rings. The first-order valence-electron chi connectivity index (χ1n) is 17.6. The fraction of sp³-hybridized carbons (Fsp3) is 0. The zero-order chi connectivity index (χ0) is 36.1. The SMILES string of the molecule is N=C1C=C(c2ccc(-c3ccccc3)c3ccccc23)C=C(c2ccc(-c3ccccc3)c3ccccc23)C1=N.Nc1ccc(-c2ccncc2)cc1. The van der Waals surface area contributed by atoms with Crippen molar-refractivity contribution in [2.24, 2.45) is 0 Å². The van der Waals surface area contributed by atoms with Gasteiger partial charge < -0.3 is 5.73 Å². The molecule has 4 N–H and O–H groups in total. The van der Waals surface area contributed by atoms with Crippen LogP contribution in [0.4, 0.5) is 5.69 Å². The summed E-state index contributed by atoms with van der Waals surface area (Å²) in [5.41, 5.74) is 17.6. The quantitative estimate of drug-likeness (QED) is 0.125. The fourth-order valence-electron chi connectivity index (χ4n) is 7.05. The van der Waals surface area contributed by atoms with Gasteiger partial charge in [-0.2, -0.15) is 0 Å². The van der Waals surface area contributed by atoms with E-state index in [1.807, 2.05) is 60.7 Å². The van der Waals surface area contributed by atoms with E-state index < -0.39 is 0 Å². The van der Waals surface area contributed by atoms with Crippen LogP contribution in [0.15, 0.2) is 194 Å². The normalized spacial score (nSPS) is 12.5. The Morgan fingerprint density at radius 2 is 0.811 bits per heavy atom. The van der Waals surface area contributed by atoms with Gasteiger partial charge in [-0.05, 0) is 108 Å². The lowest BCUT2D eigenvalue weighted by molar-refractivity contribution is 1.33. The molecule has 1 aliphatic carbocycles. The molecule has 0 unspecified atom stereocenters. The number of nitrogens with two attached hydrogens (primary N) is 1. The summed E-state index contributed by atoms with van der Waals surface area (Å²) in [6.45, 7) is 0. The van der Waals surface area contributed by atoms with E-state index in [-0.39, 0.29) is 11.4 Å². The molecule has 1 aliphatic rings. The summed E-state index contributed by atoms with van der Waals surface area (Å²) in [6, 6.07) is 58.0. The van der Waals surface area contributed by atoms with Crippen LogP contribution in [-0.2, 0) is 0 Å². The van der Waals surface area contributed by atoms with Crippen LogP contribution in [0.3, 0.4) is 0 Å². The number of anilines is 1. The van der Waals surface area contributed by atoms with Crippen molar-refractivity contribution in [2.75, 3.05) is 5.73 Å². The molecule has 0 saturated heterocycles. The molecule has 7 aromatic carbocycles. The van der Waals surface area contributed by atoms with Crippen molar-refractivity contribution in [3.8, 4) is 33.4 Å². The predicted octanol–water partition coefficient (Wildman–Crippen LogP) is 12.2. The van der Waals surface area contributed by atoms with Crippen LogP contribution in [0, 0.1) is 10.8 Å². The Bertz CT molecular complexity index is 2680. The van der Waals surface area contributed by atoms with Crippen molar-refractivity contribution >= 4 is 49.8 Å². The number of allylic oxidation sites excluding steroid dienone is 4. The smallest absolute Gasteiger partial charge is 0.0868 e. The molecule has 9 rings (SSSR count). The summed E-state index contributed by atoms with van der Waals surface area (Å²) in [5, 5.41) is 22.2. The Labute approximate surface area is 309 Å². The molecule has 0 aliphatic heterocycles. The maximum absolute atomic E-state index is 8.91. The van der Waals surface area contributed by atoms with Crippen molar-refractivity contribution in [1.29, 1.82) is 10.8 Å². The Balaban J connectivity index is 0.000000259. The van der Waals surface area contributed by atoms with E-state index in [1.165, 1.54) is 16.5 Å². The lowest BCUT2D eigenvalue weighted by Gasteiger charge is -2.20. The first-order chi connectivity index (χ1) is 26.0. The zero-order valence-corrected chi connectivity index (χ0v) is 29.0. The number of nitrogens with one attached hydrogen (secondary N) is 2. The topological polar surface area (TPSA) is 86.6 Å². The van der Waals surface area contributed by atoms with E-state index in [9.17, 15) is 0 Å². The minimum Gasteiger partial charge on any atom is -0.399 e. The number of rotatable bonds is 5. The summed E-state index contributed by atoms with van der Waals surface area (Å²) in [6.07, 6.45) is 7.49. The number of hydrogen-bond donors (Lipinski definition) is 3. The van der Waals surface area contributed by atoms with Gasteiger partial charge in [0, 0.05) is 23.7 Å². The molecule has 0 amide bonds. The highest BCUT2D eigenvalue weighted by molar-refractivity contribution is 6.62. The standard InChI is InChI=1S/C38H26N2.C11H10N2/c39-37-24-27(30-20-19-28(25-11-3-1-4-12-25)31-15-7-8-17-33(30)31)23-36(38(37)40)35-22-21-29(26-13-5-2-6-14-26)32-16-9-10-18-34(32)35;12-11-3-1-9(2-4-11)10-5-7-13-8-6-10/h1-24,39-40H;1-8H,12H2. The first kappa shape index (κ1) is 33.0. The molecule has 0 fully saturated rings. The molecule has 4 nitrogen and oxygen atoms in total. The molecular weight excluding hydrogens is 645 g/mol. The first-order valence-corrected chi connectivity index (χ1v) is 17.6. The van der Waals surface area contributed by atoms with Crippen molar-refractivity contribution in [3.05, 3.63) is 206 Å². The molecular formula is C49H36N4. The van der Waals surface area contributed by atoms with Crippen LogP contribution in [0.2, 0.25) is 0 Å². The van der Waals surface area contributed by atoms with Gasteiger partial charge in [0.15, 0.2) is 0 Å². The van der Waals surface area contributed by atoms with Crippen molar-refractivity contribution in [1.82, 2.24) is 4.98 Å². The lowest BCUT2D eigenvalue weighted by atomic mass is 9.83. The predicted molar refractivity (Wildman–Crippen MR) is 224 cm³/mol. The third-order valence-electron chi connectivity index (χ3n) is 9.68. The lowest BCUT2D eigenvalue weighted by Crippen LogP contribution is -2.16. The second-order valence-corrected chi connectivity index (χ2v) is 12.9. The average molecular weight is 681 g/mol. The minimum atomic E-state index is 0.222. The highest BCUT2D eigenvalue weighted by Crippen LogP contribution is 2.39. The largest absolute Gasteiger partial charge is 0.399 e. The van der Waals surface area contributed by atoms with Gasteiger partial charge in [0.25, 0.3) is 0 Å². The number of aromatic nitrogens is 1. The molecule has 0 bridgehead atoms. The summed E-state index contributed by atoms with van der Waals surface area (Å²) in [4.78, 5) is 3.96. The second kappa shape index (κ2) is 14.6. The minimum absolute atomic E-state index is 0.222. The molecule has 1 aromatic heterocycles. The van der Waals surface area contributed by atoms with Crippen LogP contribution in [0.1, 0.15) is 11.1 Å². The molecule has 252 valence electrons. The third-order valence-corrected chi connectivity index (χ3v) is 9.68. The Kier molecular flexibility index (Phi) is 9.08. The van der Waals surface area contributed by atoms with Crippen molar-refractivity contribution < 1.29 is 0 Å². The van der Waals surface area contributed by atoms with Crippen LogP contribution in [0.25, 0.3) is 66.1 Å². The maximum Gasteiger partial charge on any atom is 0.0868 e. The number of benzene rings is 7. The van der Waals surface area contributed by atoms with Gasteiger partial charge in [0.2, 0.25) is 0 Å². The molecule has 0 saturated carbocycles. The van der Waals surface area contributed by atoms with Gasteiger partial charge in [-0.3, -0.25) is 15.8 Å². The summed E-state index contributed by atoms with van der Waals surface area (Å²) < 4.78 is 0. The van der Waals surface area contributed by atoms with Crippen LogP contribution < -0.4 is 5.73 Å². The highest BCUT2D eigenvalue weighted by atomic mass is 14.6. The molecule has 4 heteroatoms. The van der Waals surface area contributed by atoms with Gasteiger partial charge in [-0.25, -0.2) is 0 Å². The number of nitrogens with zero attached hydrogens (tertiary/aromatic N) is 1. The van der Waals surface area contributed by atoms with Gasteiger partial charge in [-0.1, -0.05) is 146 Å². The molecule has 0 atom stereocenters. The van der Waals surface area contributed by atoms with Crippen LogP contribution >= 0.6 is 0 Å². The summed E-state index contributed by atoms with van der Waals surface area (Å²) in [7, 11) is 0. The number of fused-ring (bicyclic) bond motifs is 2. The Morgan fingerprint density at radius 1 is 0.377 bits per heavy atom. The molecule has 1 heterocycles.